The summed E-state index contributed by atoms with van der Waals surface area (Å²) in [7, 11) is 0. The fraction of sp³-hybridized carbons (Fsp3) is 0.0500. The standard InChI is InChI=1S/C20H12N4O4S/c25-19-13(7-11-3-1-2-4-15(11)28-19)14-9-29-20-22-21-18(24(20)23-14)12-5-6-16-17(8-12)27-10-26-16/h1-9,23H,10H2. The first-order valence-electron chi connectivity index (χ1n) is 8.79. The van der Waals surface area contributed by atoms with Crippen molar-refractivity contribution < 1.29 is 13.9 Å². The van der Waals surface area contributed by atoms with Crippen LogP contribution in [0.4, 0.5) is 0 Å². The Morgan fingerprint density at radius 2 is 1.93 bits per heavy atom. The maximum Gasteiger partial charge on any atom is 0.345 e. The summed E-state index contributed by atoms with van der Waals surface area (Å²) in [6.45, 7) is 0.204. The molecule has 1 N–H and O–H groups in total. The van der Waals surface area contributed by atoms with Gasteiger partial charge in [0.1, 0.15) is 5.58 Å². The molecule has 0 atom stereocenters. The van der Waals surface area contributed by atoms with E-state index in [-0.39, 0.29) is 6.79 Å². The Labute approximate surface area is 167 Å². The minimum atomic E-state index is -0.413. The summed E-state index contributed by atoms with van der Waals surface area (Å²) in [5, 5.41) is 11.8. The maximum atomic E-state index is 12.5. The number of nitrogens with zero attached hydrogens (tertiary/aromatic N) is 3. The molecule has 0 bridgehead atoms. The van der Waals surface area contributed by atoms with Crippen LogP contribution in [-0.4, -0.2) is 21.7 Å². The summed E-state index contributed by atoms with van der Waals surface area (Å²) >= 11 is 1.38. The molecule has 29 heavy (non-hydrogen) atoms. The predicted octanol–water partition coefficient (Wildman–Crippen LogP) is 3.43. The molecule has 0 spiro atoms. The Bertz CT molecular complexity index is 1370. The summed E-state index contributed by atoms with van der Waals surface area (Å²) in [5.74, 6) is 1.96. The molecular formula is C20H12N4O4S. The van der Waals surface area contributed by atoms with Gasteiger partial charge in [0.25, 0.3) is 0 Å². The van der Waals surface area contributed by atoms with Crippen molar-refractivity contribution in [1.82, 2.24) is 14.9 Å². The quantitative estimate of drug-likeness (QED) is 0.508. The van der Waals surface area contributed by atoms with Gasteiger partial charge in [-0.3, -0.25) is 5.43 Å². The third-order valence-corrected chi connectivity index (χ3v) is 5.54. The number of hydrogen-bond donors (Lipinski definition) is 1. The van der Waals surface area contributed by atoms with Crippen LogP contribution in [0, 0.1) is 0 Å². The summed E-state index contributed by atoms with van der Waals surface area (Å²) in [5.41, 5.74) is 5.24. The molecule has 9 heteroatoms. The average Bonchev–Trinajstić information content (AvgIpc) is 3.39. The fourth-order valence-corrected chi connectivity index (χ4v) is 4.03. The number of benzene rings is 2. The molecule has 0 fully saturated rings. The van der Waals surface area contributed by atoms with E-state index in [4.69, 9.17) is 13.9 Å². The minimum absolute atomic E-state index is 0.204. The van der Waals surface area contributed by atoms with Crippen molar-refractivity contribution in [2.24, 2.45) is 0 Å². The number of aromatic nitrogens is 3. The Hall–Kier alpha value is -3.72. The second kappa shape index (κ2) is 6.14. The Kier molecular flexibility index (Phi) is 3.44. The van der Waals surface area contributed by atoms with Gasteiger partial charge in [-0.05, 0) is 30.3 Å². The van der Waals surface area contributed by atoms with Crippen molar-refractivity contribution in [3.05, 3.63) is 69.9 Å². The van der Waals surface area contributed by atoms with Crippen molar-refractivity contribution in [1.29, 1.82) is 0 Å². The first-order chi connectivity index (χ1) is 14.3. The van der Waals surface area contributed by atoms with E-state index < -0.39 is 5.63 Å². The molecule has 0 amide bonds. The Balaban J connectivity index is 1.41. The first-order valence-corrected chi connectivity index (χ1v) is 9.67. The number of para-hydroxylation sites is 1. The average molecular weight is 404 g/mol. The van der Waals surface area contributed by atoms with Crippen LogP contribution in [0.15, 0.2) is 68.3 Å². The summed E-state index contributed by atoms with van der Waals surface area (Å²) in [6.07, 6.45) is 0. The van der Waals surface area contributed by atoms with Gasteiger partial charge in [0.2, 0.25) is 11.9 Å². The SMILES string of the molecule is O=c1oc2ccccc2cc1C1=CSc2nnc(-c3ccc4c(c3)OCO4)n2N1. The molecule has 6 rings (SSSR count). The van der Waals surface area contributed by atoms with E-state index in [1.54, 1.807) is 10.7 Å². The predicted molar refractivity (Wildman–Crippen MR) is 107 cm³/mol. The summed E-state index contributed by atoms with van der Waals surface area (Å²) < 4.78 is 18.0. The third-order valence-electron chi connectivity index (χ3n) is 4.71. The lowest BCUT2D eigenvalue weighted by Gasteiger charge is -2.18. The number of ether oxygens (including phenoxy) is 2. The van der Waals surface area contributed by atoms with Crippen LogP contribution in [-0.2, 0) is 0 Å². The largest absolute Gasteiger partial charge is 0.454 e. The van der Waals surface area contributed by atoms with Crippen molar-refractivity contribution in [2.45, 2.75) is 5.16 Å². The van der Waals surface area contributed by atoms with E-state index in [1.165, 1.54) is 11.8 Å². The van der Waals surface area contributed by atoms with Gasteiger partial charge in [-0.25, -0.2) is 9.47 Å². The molecule has 142 valence electrons. The molecule has 4 heterocycles. The highest BCUT2D eigenvalue weighted by atomic mass is 32.2. The number of fused-ring (bicyclic) bond motifs is 3. The molecule has 2 aromatic heterocycles. The first kappa shape index (κ1) is 16.3. The van der Waals surface area contributed by atoms with E-state index >= 15 is 0 Å². The zero-order valence-corrected chi connectivity index (χ0v) is 15.6. The molecule has 0 aliphatic carbocycles. The molecular weight excluding hydrogens is 392 g/mol. The van der Waals surface area contributed by atoms with Gasteiger partial charge in [-0.2, -0.15) is 0 Å². The molecule has 2 aromatic carbocycles. The van der Waals surface area contributed by atoms with E-state index in [0.717, 1.165) is 10.9 Å². The second-order valence-corrected chi connectivity index (χ2v) is 7.29. The molecule has 0 unspecified atom stereocenters. The van der Waals surface area contributed by atoms with E-state index in [0.29, 0.717) is 39.3 Å². The molecule has 0 saturated carbocycles. The lowest BCUT2D eigenvalue weighted by Crippen LogP contribution is -2.21. The highest BCUT2D eigenvalue weighted by Crippen LogP contribution is 2.37. The number of hydrogen-bond acceptors (Lipinski definition) is 8. The van der Waals surface area contributed by atoms with Crippen LogP contribution in [0.5, 0.6) is 11.5 Å². The number of rotatable bonds is 2. The fourth-order valence-electron chi connectivity index (χ4n) is 3.30. The normalized spacial score (nSPS) is 14.4. The van der Waals surface area contributed by atoms with Crippen LogP contribution in [0.2, 0.25) is 0 Å². The van der Waals surface area contributed by atoms with E-state index in [1.807, 2.05) is 47.9 Å². The molecule has 2 aliphatic heterocycles. The zero-order chi connectivity index (χ0) is 19.4. The van der Waals surface area contributed by atoms with Crippen LogP contribution in [0.3, 0.4) is 0 Å². The highest BCUT2D eigenvalue weighted by molar-refractivity contribution is 8.02. The lowest BCUT2D eigenvalue weighted by atomic mass is 10.1. The zero-order valence-electron chi connectivity index (χ0n) is 14.8. The maximum absolute atomic E-state index is 12.5. The van der Waals surface area contributed by atoms with Gasteiger partial charge in [0.05, 0.1) is 11.3 Å². The molecule has 0 radical (unpaired) electrons. The minimum Gasteiger partial charge on any atom is -0.454 e. The highest BCUT2D eigenvalue weighted by Gasteiger charge is 2.23. The second-order valence-electron chi connectivity index (χ2n) is 6.46. The van der Waals surface area contributed by atoms with Gasteiger partial charge in [-0.15, -0.1) is 10.2 Å². The third kappa shape index (κ3) is 2.59. The smallest absolute Gasteiger partial charge is 0.345 e. The van der Waals surface area contributed by atoms with Crippen molar-refractivity contribution in [2.75, 3.05) is 12.2 Å². The van der Waals surface area contributed by atoms with Crippen LogP contribution < -0.4 is 20.5 Å². The lowest BCUT2D eigenvalue weighted by molar-refractivity contribution is 0.174. The van der Waals surface area contributed by atoms with Crippen molar-refractivity contribution in [3.8, 4) is 22.9 Å². The topological polar surface area (TPSA) is 91.4 Å². The molecule has 2 aliphatic rings. The monoisotopic (exact) mass is 404 g/mol. The number of nitrogens with one attached hydrogen (secondary N) is 1. The van der Waals surface area contributed by atoms with Crippen LogP contribution in [0.25, 0.3) is 28.1 Å². The summed E-state index contributed by atoms with van der Waals surface area (Å²) in [4.78, 5) is 12.5. The van der Waals surface area contributed by atoms with Gasteiger partial charge in [0, 0.05) is 16.4 Å². The number of thioether (sulfide) groups is 1. The van der Waals surface area contributed by atoms with Gasteiger partial charge < -0.3 is 13.9 Å². The van der Waals surface area contributed by atoms with Gasteiger partial charge in [-0.1, -0.05) is 30.0 Å². The van der Waals surface area contributed by atoms with Crippen molar-refractivity contribution in [3.63, 3.8) is 0 Å². The Morgan fingerprint density at radius 3 is 2.90 bits per heavy atom. The van der Waals surface area contributed by atoms with Gasteiger partial charge >= 0.3 is 5.63 Å². The van der Waals surface area contributed by atoms with Crippen molar-refractivity contribution >= 4 is 28.4 Å². The van der Waals surface area contributed by atoms with E-state index in [9.17, 15) is 4.79 Å². The van der Waals surface area contributed by atoms with Gasteiger partial charge in [0.15, 0.2) is 17.3 Å². The van der Waals surface area contributed by atoms with Crippen LogP contribution in [0.1, 0.15) is 5.56 Å². The van der Waals surface area contributed by atoms with E-state index in [2.05, 4.69) is 15.6 Å². The Morgan fingerprint density at radius 1 is 1.03 bits per heavy atom. The summed E-state index contributed by atoms with van der Waals surface area (Å²) in [6, 6.07) is 14.8. The molecule has 8 nitrogen and oxygen atoms in total. The molecule has 0 saturated heterocycles. The van der Waals surface area contributed by atoms with Crippen LogP contribution >= 0.6 is 11.8 Å². The molecule has 4 aromatic rings.